The molecule has 1 unspecified atom stereocenters. The van der Waals surface area contributed by atoms with Gasteiger partial charge >= 0.3 is 6.09 Å². The average Bonchev–Trinajstić information content (AvgIpc) is 2.68. The van der Waals surface area contributed by atoms with E-state index < -0.39 is 11.9 Å². The van der Waals surface area contributed by atoms with E-state index in [-0.39, 0.29) is 11.8 Å². The Morgan fingerprint density at radius 2 is 2.24 bits per heavy atom. The highest BCUT2D eigenvalue weighted by Crippen LogP contribution is 2.25. The average molecular weight is 238 g/mol. The largest absolute Gasteiger partial charge is 0.444 e. The summed E-state index contributed by atoms with van der Waals surface area (Å²) in [6.45, 7) is 0.952. The van der Waals surface area contributed by atoms with E-state index in [1.807, 2.05) is 0 Å². The van der Waals surface area contributed by atoms with E-state index in [2.05, 4.69) is 0 Å². The Kier molecular flexibility index (Phi) is 3.58. The number of anilines is 1. The second-order valence-corrected chi connectivity index (χ2v) is 4.00. The molecule has 2 rings (SSSR count). The number of ether oxygens (including phenoxy) is 1. The van der Waals surface area contributed by atoms with Gasteiger partial charge in [-0.2, -0.15) is 0 Å². The highest BCUT2D eigenvalue weighted by molar-refractivity contribution is 5.89. The summed E-state index contributed by atoms with van der Waals surface area (Å²) < 4.78 is 18.7. The molecule has 1 fully saturated rings. The Bertz CT molecular complexity index is 411. The molecule has 1 saturated heterocycles. The summed E-state index contributed by atoms with van der Waals surface area (Å²) in [6.07, 6.45) is 0.832. The van der Waals surface area contributed by atoms with E-state index in [1.54, 1.807) is 18.2 Å². The number of nitrogens with two attached hydrogens (primary N) is 1. The molecular formula is C12H15FN2O2. The van der Waals surface area contributed by atoms with Gasteiger partial charge < -0.3 is 10.5 Å². The number of amides is 1. The minimum absolute atomic E-state index is 0.189. The number of carbonyl (C=O) groups excluding carboxylic acids is 1. The Hall–Kier alpha value is -1.62. The van der Waals surface area contributed by atoms with E-state index >= 15 is 0 Å². The van der Waals surface area contributed by atoms with Crippen molar-refractivity contribution in [2.24, 2.45) is 5.73 Å². The zero-order valence-electron chi connectivity index (χ0n) is 9.43. The van der Waals surface area contributed by atoms with Gasteiger partial charge in [0.1, 0.15) is 11.9 Å². The molecule has 1 aromatic rings. The van der Waals surface area contributed by atoms with Crippen molar-refractivity contribution in [3.8, 4) is 0 Å². The van der Waals surface area contributed by atoms with Crippen LogP contribution in [0.1, 0.15) is 12.8 Å². The lowest BCUT2D eigenvalue weighted by Gasteiger charge is -2.13. The number of hydrogen-bond donors (Lipinski definition) is 1. The highest BCUT2D eigenvalue weighted by Gasteiger charge is 2.32. The first-order chi connectivity index (χ1) is 8.22. The van der Waals surface area contributed by atoms with Crippen LogP contribution in [0.25, 0.3) is 0 Å². The molecule has 0 bridgehead atoms. The van der Waals surface area contributed by atoms with Gasteiger partial charge in [0.2, 0.25) is 0 Å². The van der Waals surface area contributed by atoms with Gasteiger partial charge in [0.05, 0.1) is 12.2 Å². The normalized spacial score (nSPS) is 19.5. The summed E-state index contributed by atoms with van der Waals surface area (Å²) in [7, 11) is 0. The molecule has 0 aromatic heterocycles. The van der Waals surface area contributed by atoms with Crippen molar-refractivity contribution in [1.82, 2.24) is 0 Å². The molecule has 1 aromatic carbocycles. The first-order valence-electron chi connectivity index (χ1n) is 5.65. The number of cyclic esters (lactones) is 1. The third-order valence-corrected chi connectivity index (χ3v) is 2.75. The van der Waals surface area contributed by atoms with Gasteiger partial charge in [-0.05, 0) is 31.5 Å². The molecule has 1 heterocycles. The number of carbonyl (C=O) groups is 1. The van der Waals surface area contributed by atoms with E-state index in [1.165, 1.54) is 11.0 Å². The van der Waals surface area contributed by atoms with Crippen LogP contribution in [0.15, 0.2) is 24.3 Å². The van der Waals surface area contributed by atoms with Crippen molar-refractivity contribution in [2.75, 3.05) is 18.0 Å². The maximum Gasteiger partial charge on any atom is 0.414 e. The molecule has 5 heteroatoms. The van der Waals surface area contributed by atoms with Crippen LogP contribution in [0.4, 0.5) is 14.9 Å². The fraction of sp³-hybridized carbons (Fsp3) is 0.417. The lowest BCUT2D eigenvalue weighted by atomic mass is 10.2. The van der Waals surface area contributed by atoms with Crippen LogP contribution in [-0.2, 0) is 4.74 Å². The van der Waals surface area contributed by atoms with E-state index in [0.29, 0.717) is 19.5 Å². The molecule has 0 spiro atoms. The van der Waals surface area contributed by atoms with Crippen molar-refractivity contribution in [1.29, 1.82) is 0 Å². The molecule has 0 aliphatic carbocycles. The number of rotatable bonds is 4. The SMILES string of the molecule is NCCCC1CN(c2ccccc2F)C(=O)O1. The van der Waals surface area contributed by atoms with Gasteiger partial charge in [0.25, 0.3) is 0 Å². The molecule has 4 nitrogen and oxygen atoms in total. The first kappa shape index (κ1) is 11.9. The number of para-hydroxylation sites is 1. The van der Waals surface area contributed by atoms with Crippen LogP contribution in [0.5, 0.6) is 0 Å². The second-order valence-electron chi connectivity index (χ2n) is 4.00. The minimum atomic E-state index is -0.489. The molecule has 1 aliphatic rings. The monoisotopic (exact) mass is 238 g/mol. The Morgan fingerprint density at radius 1 is 1.47 bits per heavy atom. The summed E-state index contributed by atoms with van der Waals surface area (Å²) >= 11 is 0. The summed E-state index contributed by atoms with van der Waals surface area (Å²) in [6, 6.07) is 6.18. The minimum Gasteiger partial charge on any atom is -0.444 e. The predicted molar refractivity (Wildman–Crippen MR) is 62.3 cm³/mol. The summed E-state index contributed by atoms with van der Waals surface area (Å²) in [5.41, 5.74) is 5.67. The van der Waals surface area contributed by atoms with E-state index in [0.717, 1.165) is 6.42 Å². The van der Waals surface area contributed by atoms with Gasteiger partial charge in [-0.3, -0.25) is 4.90 Å². The van der Waals surface area contributed by atoms with E-state index in [9.17, 15) is 9.18 Å². The smallest absolute Gasteiger partial charge is 0.414 e. The van der Waals surface area contributed by atoms with Crippen molar-refractivity contribution in [3.05, 3.63) is 30.1 Å². The highest BCUT2D eigenvalue weighted by atomic mass is 19.1. The van der Waals surface area contributed by atoms with Gasteiger partial charge in [-0.15, -0.1) is 0 Å². The first-order valence-corrected chi connectivity index (χ1v) is 5.65. The zero-order chi connectivity index (χ0) is 12.3. The summed E-state index contributed by atoms with van der Waals surface area (Å²) in [4.78, 5) is 12.9. The molecule has 1 aliphatic heterocycles. The second kappa shape index (κ2) is 5.14. The van der Waals surface area contributed by atoms with Crippen LogP contribution < -0.4 is 10.6 Å². The molecule has 17 heavy (non-hydrogen) atoms. The number of benzene rings is 1. The molecule has 1 amide bonds. The maximum atomic E-state index is 13.5. The van der Waals surface area contributed by atoms with Crippen molar-refractivity contribution >= 4 is 11.8 Å². The molecule has 0 radical (unpaired) electrons. The molecular weight excluding hydrogens is 223 g/mol. The Labute approximate surface area is 99.2 Å². The van der Waals surface area contributed by atoms with Crippen molar-refractivity contribution in [2.45, 2.75) is 18.9 Å². The fourth-order valence-corrected chi connectivity index (χ4v) is 1.88. The van der Waals surface area contributed by atoms with Crippen molar-refractivity contribution < 1.29 is 13.9 Å². The molecule has 1 atom stereocenters. The van der Waals surface area contributed by atoms with Crippen LogP contribution >= 0.6 is 0 Å². The predicted octanol–water partition coefficient (Wildman–Crippen LogP) is 1.89. The molecule has 92 valence electrons. The molecule has 2 N–H and O–H groups in total. The number of halogens is 1. The van der Waals surface area contributed by atoms with E-state index in [4.69, 9.17) is 10.5 Å². The van der Waals surface area contributed by atoms with Crippen LogP contribution in [0.2, 0.25) is 0 Å². The standard InChI is InChI=1S/C12H15FN2O2/c13-10-5-1-2-6-11(10)15-8-9(4-3-7-14)17-12(15)16/h1-2,5-6,9H,3-4,7-8,14H2. The van der Waals surface area contributed by atoms with Gasteiger partial charge in [-0.25, -0.2) is 9.18 Å². The number of hydrogen-bond acceptors (Lipinski definition) is 3. The Balaban J connectivity index is 2.08. The summed E-state index contributed by atoms with van der Waals surface area (Å²) in [5.74, 6) is -0.413. The van der Waals surface area contributed by atoms with Crippen LogP contribution in [-0.4, -0.2) is 25.3 Å². The lowest BCUT2D eigenvalue weighted by Crippen LogP contribution is -2.25. The fourth-order valence-electron chi connectivity index (χ4n) is 1.88. The topological polar surface area (TPSA) is 55.6 Å². The number of nitrogens with zero attached hydrogens (tertiary/aromatic N) is 1. The summed E-state index contributed by atoms with van der Waals surface area (Å²) in [5, 5.41) is 0. The van der Waals surface area contributed by atoms with Gasteiger partial charge in [0, 0.05) is 0 Å². The van der Waals surface area contributed by atoms with Gasteiger partial charge in [-0.1, -0.05) is 12.1 Å². The third kappa shape index (κ3) is 2.55. The van der Waals surface area contributed by atoms with Crippen LogP contribution in [0, 0.1) is 5.82 Å². The third-order valence-electron chi connectivity index (χ3n) is 2.75. The van der Waals surface area contributed by atoms with Crippen LogP contribution in [0.3, 0.4) is 0 Å². The lowest BCUT2D eigenvalue weighted by molar-refractivity contribution is 0.136. The Morgan fingerprint density at radius 3 is 2.94 bits per heavy atom. The van der Waals surface area contributed by atoms with Gasteiger partial charge in [0.15, 0.2) is 0 Å². The quantitative estimate of drug-likeness (QED) is 0.871. The molecule has 0 saturated carbocycles. The zero-order valence-corrected chi connectivity index (χ0v) is 9.43. The maximum absolute atomic E-state index is 13.5. The van der Waals surface area contributed by atoms with Crippen molar-refractivity contribution in [3.63, 3.8) is 0 Å².